The third kappa shape index (κ3) is 5.97. The van der Waals surface area contributed by atoms with Crippen LogP contribution in [0.5, 0.6) is 0 Å². The number of nitrogens with zero attached hydrogens (tertiary/aromatic N) is 1. The molecule has 1 aromatic carbocycles. The Morgan fingerprint density at radius 2 is 1.85 bits per heavy atom. The number of nitrogens with two attached hydrogens (primary N) is 1. The topological polar surface area (TPSA) is 111 Å². The Morgan fingerprint density at radius 1 is 1.19 bits per heavy atom. The highest BCUT2D eigenvalue weighted by Crippen LogP contribution is 2.30. The lowest BCUT2D eigenvalue weighted by Crippen LogP contribution is -2.45. The van der Waals surface area contributed by atoms with E-state index in [1.165, 1.54) is 11.8 Å². The third-order valence-corrected chi connectivity index (χ3v) is 4.64. The van der Waals surface area contributed by atoms with Gasteiger partial charge in [0.15, 0.2) is 6.10 Å². The van der Waals surface area contributed by atoms with Crippen molar-refractivity contribution >= 4 is 41.3 Å². The molecule has 0 fully saturated rings. The smallest absolute Gasteiger partial charge is 0.341 e. The minimum atomic E-state index is -1.17. The van der Waals surface area contributed by atoms with Crippen LogP contribution in [0, 0.1) is 5.92 Å². The molecule has 1 atom stereocenters. The minimum absolute atomic E-state index is 0.204. The number of amides is 3. The van der Waals surface area contributed by atoms with Crippen molar-refractivity contribution in [2.45, 2.75) is 29.9 Å². The summed E-state index contributed by atoms with van der Waals surface area (Å²) in [6.07, 6.45) is 0.382. The summed E-state index contributed by atoms with van der Waals surface area (Å²) in [6.45, 7) is 3.37. The molecule has 0 radical (unpaired) electrons. The molecule has 0 bridgehead atoms. The average molecular weight is 408 g/mol. The number of benzene rings is 1. The van der Waals surface area contributed by atoms with Crippen molar-refractivity contribution in [3.63, 3.8) is 0 Å². The van der Waals surface area contributed by atoms with Gasteiger partial charge in [-0.05, 0) is 42.3 Å². The maximum absolute atomic E-state index is 12.6. The van der Waals surface area contributed by atoms with Crippen LogP contribution >= 0.6 is 23.4 Å². The molecule has 0 spiro atoms. The zero-order chi connectivity index (χ0) is 20.0. The molecule has 0 aliphatic carbocycles. The Bertz CT molecular complexity index is 843. The first-order chi connectivity index (χ1) is 12.8. The fourth-order valence-electron chi connectivity index (χ4n) is 2.11. The summed E-state index contributed by atoms with van der Waals surface area (Å²) >= 11 is 7.14. The van der Waals surface area contributed by atoms with Crippen molar-refractivity contribution in [2.24, 2.45) is 11.7 Å². The van der Waals surface area contributed by atoms with Crippen molar-refractivity contribution in [2.75, 3.05) is 0 Å². The largest absolute Gasteiger partial charge is 0.448 e. The third-order valence-electron chi connectivity index (χ3n) is 3.36. The predicted molar refractivity (Wildman–Crippen MR) is 102 cm³/mol. The highest BCUT2D eigenvalue weighted by atomic mass is 35.5. The number of hydrogen-bond acceptors (Lipinski definition) is 6. The number of carbonyl (C=O) groups is 3. The molecule has 3 N–H and O–H groups in total. The van der Waals surface area contributed by atoms with Crippen LogP contribution in [0.15, 0.2) is 52.5 Å². The molecule has 0 unspecified atom stereocenters. The van der Waals surface area contributed by atoms with Gasteiger partial charge in [-0.1, -0.05) is 37.2 Å². The summed E-state index contributed by atoms with van der Waals surface area (Å²) < 4.78 is 5.32. The van der Waals surface area contributed by atoms with Crippen LogP contribution in [-0.4, -0.2) is 29.0 Å². The molecular formula is C18H18ClN3O4S. The van der Waals surface area contributed by atoms with E-state index in [0.29, 0.717) is 10.0 Å². The quantitative estimate of drug-likeness (QED) is 0.711. The fourth-order valence-corrected chi connectivity index (χ4v) is 3.10. The average Bonchev–Trinajstić information content (AvgIpc) is 2.61. The summed E-state index contributed by atoms with van der Waals surface area (Å²) in [5.74, 6) is -1.86. The van der Waals surface area contributed by atoms with Gasteiger partial charge in [0.05, 0.1) is 5.56 Å². The number of nitrogens with one attached hydrogen (secondary N) is 1. The van der Waals surface area contributed by atoms with Crippen LogP contribution in [0.25, 0.3) is 0 Å². The zero-order valence-corrected chi connectivity index (χ0v) is 16.2. The number of aromatic nitrogens is 1. The SMILES string of the molecule is CC(C)[C@@H](OC(=O)c1cccnc1Sc1ccc(Cl)cc1)C(=O)NC(N)=O. The number of hydrogen-bond donors (Lipinski definition) is 2. The van der Waals surface area contributed by atoms with Crippen molar-refractivity contribution < 1.29 is 19.1 Å². The second-order valence-electron chi connectivity index (χ2n) is 5.84. The monoisotopic (exact) mass is 407 g/mol. The summed E-state index contributed by atoms with van der Waals surface area (Å²) in [6, 6.07) is 9.19. The molecule has 0 aliphatic rings. The number of pyridine rings is 1. The van der Waals surface area contributed by atoms with Gasteiger partial charge in [-0.15, -0.1) is 0 Å². The maximum atomic E-state index is 12.6. The number of imide groups is 1. The summed E-state index contributed by atoms with van der Waals surface area (Å²) in [5.41, 5.74) is 5.16. The van der Waals surface area contributed by atoms with Crippen molar-refractivity contribution in [1.29, 1.82) is 0 Å². The van der Waals surface area contributed by atoms with Gasteiger partial charge in [0, 0.05) is 16.1 Å². The van der Waals surface area contributed by atoms with E-state index in [-0.39, 0.29) is 11.5 Å². The number of urea groups is 1. The molecule has 2 rings (SSSR count). The van der Waals surface area contributed by atoms with E-state index in [4.69, 9.17) is 22.1 Å². The number of halogens is 1. The predicted octanol–water partition coefficient (Wildman–Crippen LogP) is 3.26. The number of carbonyl (C=O) groups excluding carboxylic acids is 3. The van der Waals surface area contributed by atoms with Crippen molar-refractivity contribution in [1.82, 2.24) is 10.3 Å². The normalized spacial score (nSPS) is 11.7. The van der Waals surface area contributed by atoms with Crippen LogP contribution in [0.3, 0.4) is 0 Å². The lowest BCUT2D eigenvalue weighted by atomic mass is 10.1. The van der Waals surface area contributed by atoms with Crippen molar-refractivity contribution in [3.05, 3.63) is 53.2 Å². The zero-order valence-electron chi connectivity index (χ0n) is 14.6. The fraction of sp³-hybridized carbons (Fsp3) is 0.222. The second-order valence-corrected chi connectivity index (χ2v) is 7.33. The summed E-state index contributed by atoms with van der Waals surface area (Å²) in [7, 11) is 0. The van der Waals surface area contributed by atoms with E-state index < -0.39 is 24.0 Å². The standard InChI is InChI=1S/C18H18ClN3O4S/c1-10(2)14(15(23)22-18(20)25)26-17(24)13-4-3-9-21-16(13)27-12-7-5-11(19)6-8-12/h3-10,14H,1-2H3,(H3,20,22,23,25)/t14-/m1/s1. The van der Waals surface area contributed by atoms with Gasteiger partial charge in [0.2, 0.25) is 0 Å². The van der Waals surface area contributed by atoms with Gasteiger partial charge < -0.3 is 10.5 Å². The Kier molecular flexibility index (Phi) is 7.20. The van der Waals surface area contributed by atoms with Gasteiger partial charge >= 0.3 is 12.0 Å². The Hall–Kier alpha value is -2.58. The van der Waals surface area contributed by atoms with Crippen LogP contribution in [0.1, 0.15) is 24.2 Å². The number of primary amides is 1. The van der Waals surface area contributed by atoms with E-state index in [1.807, 2.05) is 5.32 Å². The van der Waals surface area contributed by atoms with Crippen LogP contribution in [-0.2, 0) is 9.53 Å². The van der Waals surface area contributed by atoms with Crippen LogP contribution in [0.2, 0.25) is 5.02 Å². The number of ether oxygens (including phenoxy) is 1. The van der Waals surface area contributed by atoms with E-state index in [0.717, 1.165) is 4.90 Å². The molecule has 142 valence electrons. The summed E-state index contributed by atoms with van der Waals surface area (Å²) in [5, 5.41) is 2.95. The highest BCUT2D eigenvalue weighted by Gasteiger charge is 2.29. The Morgan fingerprint density at radius 3 is 2.44 bits per heavy atom. The first-order valence-corrected chi connectivity index (χ1v) is 9.17. The van der Waals surface area contributed by atoms with E-state index in [9.17, 15) is 14.4 Å². The van der Waals surface area contributed by atoms with Gasteiger partial charge in [0.1, 0.15) is 5.03 Å². The van der Waals surface area contributed by atoms with Gasteiger partial charge in [-0.25, -0.2) is 14.6 Å². The molecule has 27 heavy (non-hydrogen) atoms. The van der Waals surface area contributed by atoms with E-state index >= 15 is 0 Å². The number of esters is 1. The van der Waals surface area contributed by atoms with Gasteiger partial charge in [0.25, 0.3) is 5.91 Å². The minimum Gasteiger partial charge on any atom is -0.448 e. The molecule has 1 aromatic heterocycles. The molecule has 1 heterocycles. The lowest BCUT2D eigenvalue weighted by molar-refractivity contribution is -0.130. The van der Waals surface area contributed by atoms with Crippen molar-refractivity contribution in [3.8, 4) is 0 Å². The Labute approximate surface area is 165 Å². The van der Waals surface area contributed by atoms with Crippen LogP contribution in [0.4, 0.5) is 4.79 Å². The molecule has 3 amide bonds. The molecule has 0 saturated carbocycles. The molecular weight excluding hydrogens is 390 g/mol. The van der Waals surface area contributed by atoms with E-state index in [2.05, 4.69) is 4.98 Å². The second kappa shape index (κ2) is 9.38. The molecule has 7 nitrogen and oxygen atoms in total. The van der Waals surface area contributed by atoms with E-state index in [1.54, 1.807) is 56.4 Å². The Balaban J connectivity index is 2.21. The highest BCUT2D eigenvalue weighted by molar-refractivity contribution is 7.99. The molecule has 9 heteroatoms. The molecule has 0 aliphatic heterocycles. The first kappa shape index (κ1) is 20.7. The first-order valence-electron chi connectivity index (χ1n) is 7.97. The van der Waals surface area contributed by atoms with Crippen LogP contribution < -0.4 is 11.1 Å². The van der Waals surface area contributed by atoms with Gasteiger partial charge in [-0.2, -0.15) is 0 Å². The maximum Gasteiger partial charge on any atom is 0.341 e. The molecule has 2 aromatic rings. The summed E-state index contributed by atoms with van der Waals surface area (Å²) in [4.78, 5) is 40.6. The molecule has 0 saturated heterocycles. The lowest BCUT2D eigenvalue weighted by Gasteiger charge is -2.20. The number of rotatable bonds is 6. The van der Waals surface area contributed by atoms with Gasteiger partial charge in [-0.3, -0.25) is 10.1 Å².